The predicted molar refractivity (Wildman–Crippen MR) is 113 cm³/mol. The minimum atomic E-state index is -0.666. The molecule has 1 amide bonds. The molecule has 1 aromatic carbocycles. The molecule has 7 nitrogen and oxygen atoms in total. The summed E-state index contributed by atoms with van der Waals surface area (Å²) >= 11 is 1.44. The summed E-state index contributed by atoms with van der Waals surface area (Å²) in [6, 6.07) is 6.98. The third-order valence-electron chi connectivity index (χ3n) is 5.06. The van der Waals surface area contributed by atoms with Crippen molar-refractivity contribution in [3.05, 3.63) is 51.4 Å². The van der Waals surface area contributed by atoms with Crippen molar-refractivity contribution in [2.24, 2.45) is 10.7 Å². The Labute approximate surface area is 177 Å². The van der Waals surface area contributed by atoms with Crippen molar-refractivity contribution < 1.29 is 23.5 Å². The first kappa shape index (κ1) is 20.2. The van der Waals surface area contributed by atoms with E-state index in [1.165, 1.54) is 18.4 Å². The molecule has 0 saturated heterocycles. The number of rotatable bonds is 5. The van der Waals surface area contributed by atoms with Gasteiger partial charge in [0.2, 0.25) is 5.55 Å². The first-order chi connectivity index (χ1) is 14.5. The van der Waals surface area contributed by atoms with Gasteiger partial charge in [-0.3, -0.25) is 4.79 Å². The van der Waals surface area contributed by atoms with E-state index in [1.807, 2.05) is 0 Å². The summed E-state index contributed by atoms with van der Waals surface area (Å²) in [5.74, 6) is -0.563. The monoisotopic (exact) mass is 426 g/mol. The molecular formula is C22H22N2O5S. The summed E-state index contributed by atoms with van der Waals surface area (Å²) < 4.78 is 16.6. The molecule has 0 radical (unpaired) electrons. The van der Waals surface area contributed by atoms with Gasteiger partial charge >= 0.3 is 5.97 Å². The summed E-state index contributed by atoms with van der Waals surface area (Å²) in [7, 11) is 1.54. The molecule has 1 aliphatic carbocycles. The third kappa shape index (κ3) is 3.59. The molecule has 156 valence electrons. The minimum absolute atomic E-state index is 0.0450. The largest absolute Gasteiger partial charge is 0.493 e. The van der Waals surface area contributed by atoms with Gasteiger partial charge in [-0.05, 0) is 50.3 Å². The lowest BCUT2D eigenvalue weighted by Gasteiger charge is -2.11. The van der Waals surface area contributed by atoms with Gasteiger partial charge < -0.3 is 19.6 Å². The number of carbonyl (C=O) groups is 2. The van der Waals surface area contributed by atoms with E-state index in [0.29, 0.717) is 27.3 Å². The van der Waals surface area contributed by atoms with E-state index in [1.54, 1.807) is 31.2 Å². The molecule has 0 fully saturated rings. The number of hydrogen-bond acceptors (Lipinski definition) is 7. The Balaban J connectivity index is 1.99. The zero-order valence-corrected chi connectivity index (χ0v) is 17.6. The van der Waals surface area contributed by atoms with E-state index in [9.17, 15) is 9.59 Å². The van der Waals surface area contributed by atoms with Crippen LogP contribution in [-0.2, 0) is 17.6 Å². The SMILES string of the molecule is CCOC(=O)c1c(N=c2oc3c(OC)cccc3cc2C(N)=O)sc2c1CCCC2. The van der Waals surface area contributed by atoms with Crippen molar-refractivity contribution in [1.82, 2.24) is 0 Å². The van der Waals surface area contributed by atoms with Gasteiger partial charge in [0.25, 0.3) is 5.91 Å². The zero-order chi connectivity index (χ0) is 21.3. The average Bonchev–Trinajstić information content (AvgIpc) is 3.10. The number of fused-ring (bicyclic) bond motifs is 2. The number of ether oxygens (including phenoxy) is 2. The number of para-hydroxylation sites is 1. The van der Waals surface area contributed by atoms with Gasteiger partial charge in [-0.2, -0.15) is 0 Å². The molecular weight excluding hydrogens is 404 g/mol. The highest BCUT2D eigenvalue weighted by Gasteiger charge is 2.26. The van der Waals surface area contributed by atoms with Gasteiger partial charge in [0.1, 0.15) is 10.6 Å². The quantitative estimate of drug-likeness (QED) is 0.623. The van der Waals surface area contributed by atoms with Crippen LogP contribution in [0.2, 0.25) is 0 Å². The predicted octanol–water partition coefficient (Wildman–Crippen LogP) is 3.89. The Bertz CT molecular complexity index is 1210. The number of nitrogens with zero attached hydrogens (tertiary/aromatic N) is 1. The third-order valence-corrected chi connectivity index (χ3v) is 6.24. The van der Waals surface area contributed by atoms with E-state index in [-0.39, 0.29) is 17.7 Å². The molecule has 30 heavy (non-hydrogen) atoms. The number of methoxy groups -OCH3 is 1. The highest BCUT2D eigenvalue weighted by molar-refractivity contribution is 7.16. The van der Waals surface area contributed by atoms with Crippen molar-refractivity contribution in [3.8, 4) is 5.75 Å². The van der Waals surface area contributed by atoms with Gasteiger partial charge in [0.15, 0.2) is 11.3 Å². The number of aryl methyl sites for hydroxylation is 1. The number of esters is 1. The highest BCUT2D eigenvalue weighted by atomic mass is 32.1. The van der Waals surface area contributed by atoms with Crippen molar-refractivity contribution in [1.29, 1.82) is 0 Å². The number of benzene rings is 1. The van der Waals surface area contributed by atoms with Gasteiger partial charge in [-0.15, -0.1) is 11.3 Å². The number of nitrogens with two attached hydrogens (primary N) is 1. The zero-order valence-electron chi connectivity index (χ0n) is 16.8. The Hall–Kier alpha value is -3.13. The van der Waals surface area contributed by atoms with E-state index >= 15 is 0 Å². The minimum Gasteiger partial charge on any atom is -0.493 e. The van der Waals surface area contributed by atoms with E-state index in [4.69, 9.17) is 19.6 Å². The van der Waals surface area contributed by atoms with Crippen LogP contribution in [0, 0.1) is 0 Å². The first-order valence-corrected chi connectivity index (χ1v) is 10.6. The molecule has 8 heteroatoms. The average molecular weight is 426 g/mol. The second-order valence-electron chi connectivity index (χ2n) is 6.93. The Morgan fingerprint density at radius 1 is 1.27 bits per heavy atom. The second kappa shape index (κ2) is 8.31. The Kier molecular flexibility index (Phi) is 5.59. The molecule has 0 spiro atoms. The standard InChI is InChI=1S/C22H22N2O5S/c1-3-28-22(26)17-13-8-4-5-10-16(13)30-21(17)24-20-14(19(23)25)11-12-7-6-9-15(27-2)18(12)29-20/h6-7,9,11H,3-5,8,10H2,1-2H3,(H2,23,25). The number of primary amides is 1. The van der Waals surface area contributed by atoms with Crippen molar-refractivity contribution in [2.45, 2.75) is 32.6 Å². The summed E-state index contributed by atoms with van der Waals surface area (Å²) in [6.07, 6.45) is 3.78. The maximum atomic E-state index is 12.7. The number of thiophene rings is 1. The lowest BCUT2D eigenvalue weighted by molar-refractivity contribution is 0.0526. The lowest BCUT2D eigenvalue weighted by Crippen LogP contribution is -2.21. The van der Waals surface area contributed by atoms with Crippen molar-refractivity contribution >= 4 is 39.2 Å². The molecule has 0 atom stereocenters. The van der Waals surface area contributed by atoms with Crippen LogP contribution in [-0.4, -0.2) is 25.6 Å². The van der Waals surface area contributed by atoms with Gasteiger partial charge in [0.05, 0.1) is 19.3 Å². The fourth-order valence-corrected chi connectivity index (χ4v) is 4.93. The summed E-state index contributed by atoms with van der Waals surface area (Å²) in [6.45, 7) is 2.04. The smallest absolute Gasteiger partial charge is 0.341 e. The molecule has 0 aliphatic heterocycles. The van der Waals surface area contributed by atoms with Crippen LogP contribution in [0.25, 0.3) is 11.0 Å². The van der Waals surface area contributed by atoms with Crippen LogP contribution < -0.4 is 16.0 Å². The molecule has 0 unspecified atom stereocenters. The number of amides is 1. The maximum Gasteiger partial charge on any atom is 0.341 e. The molecule has 0 bridgehead atoms. The van der Waals surface area contributed by atoms with Crippen LogP contribution >= 0.6 is 11.3 Å². The van der Waals surface area contributed by atoms with E-state index < -0.39 is 11.9 Å². The molecule has 3 aromatic rings. The van der Waals surface area contributed by atoms with Crippen molar-refractivity contribution in [3.63, 3.8) is 0 Å². The normalized spacial score (nSPS) is 13.9. The van der Waals surface area contributed by atoms with Crippen LogP contribution in [0.5, 0.6) is 5.75 Å². The van der Waals surface area contributed by atoms with Crippen molar-refractivity contribution in [2.75, 3.05) is 13.7 Å². The summed E-state index contributed by atoms with van der Waals surface area (Å²) in [5, 5.41) is 1.14. The molecule has 0 saturated carbocycles. The van der Waals surface area contributed by atoms with Crippen LogP contribution in [0.15, 0.2) is 33.7 Å². The van der Waals surface area contributed by atoms with Crippen LogP contribution in [0.1, 0.15) is 50.9 Å². The second-order valence-corrected chi connectivity index (χ2v) is 8.02. The van der Waals surface area contributed by atoms with Crippen LogP contribution in [0.4, 0.5) is 5.00 Å². The van der Waals surface area contributed by atoms with Gasteiger partial charge in [0, 0.05) is 10.3 Å². The Morgan fingerprint density at radius 3 is 2.80 bits per heavy atom. The van der Waals surface area contributed by atoms with Gasteiger partial charge in [-0.25, -0.2) is 9.79 Å². The van der Waals surface area contributed by atoms with Crippen LogP contribution in [0.3, 0.4) is 0 Å². The topological polar surface area (TPSA) is 104 Å². The van der Waals surface area contributed by atoms with E-state index in [2.05, 4.69) is 4.99 Å². The molecule has 2 heterocycles. The molecule has 4 rings (SSSR count). The molecule has 2 aromatic heterocycles. The number of hydrogen-bond donors (Lipinski definition) is 1. The molecule has 1 aliphatic rings. The maximum absolute atomic E-state index is 12.7. The fraction of sp³-hybridized carbons (Fsp3) is 0.318. The van der Waals surface area contributed by atoms with Gasteiger partial charge in [-0.1, -0.05) is 12.1 Å². The summed E-state index contributed by atoms with van der Waals surface area (Å²) in [4.78, 5) is 30.5. The van der Waals surface area contributed by atoms with E-state index in [0.717, 1.165) is 36.1 Å². The fourth-order valence-electron chi connectivity index (χ4n) is 3.68. The Morgan fingerprint density at radius 2 is 2.07 bits per heavy atom. The summed E-state index contributed by atoms with van der Waals surface area (Å²) in [5.41, 5.74) is 7.67. The lowest BCUT2D eigenvalue weighted by atomic mass is 9.95. The molecule has 2 N–H and O–H groups in total. The first-order valence-electron chi connectivity index (χ1n) is 9.80. The number of carbonyl (C=O) groups excluding carboxylic acids is 2. The highest BCUT2D eigenvalue weighted by Crippen LogP contribution is 2.40.